The number of hydrogen-bond acceptors (Lipinski definition) is 5. The van der Waals surface area contributed by atoms with Crippen molar-refractivity contribution in [2.45, 2.75) is 46.0 Å². The molecule has 2 N–H and O–H groups in total. The monoisotopic (exact) mass is 492 g/mol. The Labute approximate surface area is 215 Å². The number of nitrogens with zero attached hydrogens (tertiary/aromatic N) is 2. The number of ether oxygens (including phenoxy) is 1. The third kappa shape index (κ3) is 6.31. The molecule has 1 saturated heterocycles. The second-order valence-electron chi connectivity index (χ2n) is 10.3. The fraction of sp³-hybridized carbons (Fsp3) is 0.517. The lowest BCUT2D eigenvalue weighted by Crippen LogP contribution is -2.47. The maximum absolute atomic E-state index is 13.2. The van der Waals surface area contributed by atoms with Gasteiger partial charge in [0.15, 0.2) is 0 Å². The van der Waals surface area contributed by atoms with Crippen LogP contribution in [0, 0.1) is 11.8 Å². The number of benzene rings is 2. The average molecular weight is 493 g/mol. The minimum Gasteiger partial charge on any atom is -0.495 e. The van der Waals surface area contributed by atoms with Crippen LogP contribution in [0.15, 0.2) is 42.5 Å². The predicted octanol–water partition coefficient (Wildman–Crippen LogP) is 4.93. The van der Waals surface area contributed by atoms with Crippen LogP contribution >= 0.6 is 0 Å². The maximum atomic E-state index is 13.2. The topological polar surface area (TPSA) is 73.9 Å². The van der Waals surface area contributed by atoms with E-state index in [4.69, 9.17) is 4.74 Å². The first kappa shape index (κ1) is 25.9. The first-order valence-electron chi connectivity index (χ1n) is 13.3. The third-order valence-corrected chi connectivity index (χ3v) is 7.20. The molecule has 2 aromatic rings. The van der Waals surface area contributed by atoms with E-state index in [1.807, 2.05) is 36.4 Å². The molecule has 0 unspecified atom stereocenters. The lowest BCUT2D eigenvalue weighted by Gasteiger charge is -2.38. The van der Waals surface area contributed by atoms with Crippen molar-refractivity contribution in [2.75, 3.05) is 55.0 Å². The van der Waals surface area contributed by atoms with Crippen molar-refractivity contribution in [2.24, 2.45) is 11.8 Å². The smallest absolute Gasteiger partial charge is 0.253 e. The normalized spacial score (nSPS) is 16.7. The molecule has 1 heterocycles. The van der Waals surface area contributed by atoms with Crippen LogP contribution in [0.1, 0.15) is 56.3 Å². The molecule has 1 aliphatic carbocycles. The first-order chi connectivity index (χ1) is 17.5. The minimum absolute atomic E-state index is 0.0692. The Morgan fingerprint density at radius 3 is 2.28 bits per heavy atom. The van der Waals surface area contributed by atoms with Gasteiger partial charge in [0, 0.05) is 50.0 Å². The molecule has 194 valence electrons. The lowest BCUT2D eigenvalue weighted by molar-refractivity contribution is -0.120. The summed E-state index contributed by atoms with van der Waals surface area (Å²) < 4.78 is 5.55. The van der Waals surface area contributed by atoms with Gasteiger partial charge in [-0.1, -0.05) is 45.2 Å². The highest BCUT2D eigenvalue weighted by atomic mass is 16.5. The summed E-state index contributed by atoms with van der Waals surface area (Å²) in [5, 5.41) is 6.15. The highest BCUT2D eigenvalue weighted by Gasteiger charge is 2.25. The molecule has 0 bridgehead atoms. The molecule has 2 amide bonds. The van der Waals surface area contributed by atoms with Crippen LogP contribution in [-0.4, -0.2) is 51.6 Å². The van der Waals surface area contributed by atoms with Crippen molar-refractivity contribution in [1.82, 2.24) is 5.32 Å². The summed E-state index contributed by atoms with van der Waals surface area (Å²) in [6.45, 7) is 8.00. The minimum atomic E-state index is -0.0976. The second kappa shape index (κ2) is 12.2. The Bertz CT molecular complexity index is 1040. The molecule has 0 aromatic heterocycles. The number of rotatable bonds is 8. The van der Waals surface area contributed by atoms with Crippen LogP contribution in [-0.2, 0) is 4.79 Å². The van der Waals surface area contributed by atoms with Crippen molar-refractivity contribution in [3.8, 4) is 5.75 Å². The molecule has 2 aromatic carbocycles. The number of methoxy groups -OCH3 is 1. The fourth-order valence-electron chi connectivity index (χ4n) is 5.15. The summed E-state index contributed by atoms with van der Waals surface area (Å²) >= 11 is 0. The fourth-order valence-corrected chi connectivity index (χ4v) is 5.15. The Morgan fingerprint density at radius 1 is 0.944 bits per heavy atom. The summed E-state index contributed by atoms with van der Waals surface area (Å²) in [5.74, 6) is 1.27. The number of piperazine rings is 1. The molecule has 1 saturated carbocycles. The number of hydrogen-bond donors (Lipinski definition) is 2. The van der Waals surface area contributed by atoms with E-state index in [2.05, 4.69) is 40.3 Å². The van der Waals surface area contributed by atoms with Crippen molar-refractivity contribution in [3.05, 3.63) is 48.0 Å². The van der Waals surface area contributed by atoms with Crippen molar-refractivity contribution < 1.29 is 14.3 Å². The number of nitrogens with one attached hydrogen (secondary N) is 2. The second-order valence-corrected chi connectivity index (χ2v) is 10.3. The highest BCUT2D eigenvalue weighted by Crippen LogP contribution is 2.31. The quantitative estimate of drug-likeness (QED) is 0.547. The van der Waals surface area contributed by atoms with Gasteiger partial charge in [-0.25, -0.2) is 0 Å². The summed E-state index contributed by atoms with van der Waals surface area (Å²) in [6.07, 6.45) is 5.33. The van der Waals surface area contributed by atoms with Gasteiger partial charge < -0.3 is 25.2 Å². The Kier molecular flexibility index (Phi) is 8.73. The Balaban J connectivity index is 1.51. The van der Waals surface area contributed by atoms with E-state index < -0.39 is 0 Å². The molecule has 7 nitrogen and oxygen atoms in total. The van der Waals surface area contributed by atoms with Gasteiger partial charge in [0.1, 0.15) is 5.75 Å². The zero-order valence-corrected chi connectivity index (χ0v) is 21.9. The van der Waals surface area contributed by atoms with Crippen LogP contribution in [0.2, 0.25) is 0 Å². The molecule has 1 aliphatic heterocycles. The van der Waals surface area contributed by atoms with Gasteiger partial charge in [-0.05, 0) is 49.1 Å². The van der Waals surface area contributed by atoms with E-state index in [0.717, 1.165) is 69.0 Å². The highest BCUT2D eigenvalue weighted by molar-refractivity contribution is 6.02. The number of anilines is 3. The van der Waals surface area contributed by atoms with E-state index in [9.17, 15) is 9.59 Å². The zero-order chi connectivity index (χ0) is 25.5. The largest absolute Gasteiger partial charge is 0.495 e. The van der Waals surface area contributed by atoms with Gasteiger partial charge in [0.05, 0.1) is 18.4 Å². The Hall–Kier alpha value is -3.22. The van der Waals surface area contributed by atoms with Crippen LogP contribution in [0.25, 0.3) is 0 Å². The molecule has 0 spiro atoms. The van der Waals surface area contributed by atoms with Crippen molar-refractivity contribution in [1.29, 1.82) is 0 Å². The van der Waals surface area contributed by atoms with Crippen LogP contribution < -0.4 is 25.2 Å². The van der Waals surface area contributed by atoms with Gasteiger partial charge in [-0.2, -0.15) is 0 Å². The molecule has 36 heavy (non-hydrogen) atoms. The first-order valence-corrected chi connectivity index (χ1v) is 13.3. The predicted molar refractivity (Wildman–Crippen MR) is 146 cm³/mol. The lowest BCUT2D eigenvalue weighted by atomic mass is 9.88. The molecule has 7 heteroatoms. The maximum Gasteiger partial charge on any atom is 0.253 e. The number of para-hydroxylation sites is 2. The number of carbonyl (C=O) groups excluding carboxylic acids is 2. The summed E-state index contributed by atoms with van der Waals surface area (Å²) in [4.78, 5) is 30.7. The molecule has 2 fully saturated rings. The standard InChI is InChI=1S/C29H40N4O3/c1-21(2)20-30-29(35)24-19-23(31-28(34)22-9-5-4-6-10-22)13-14-25(24)32-15-17-33(18-16-32)26-11-7-8-12-27(26)36-3/h7-8,11-14,19,21-22H,4-6,9-10,15-18,20H2,1-3H3,(H,30,35)(H,31,34). The van der Waals surface area contributed by atoms with Gasteiger partial charge in [-0.3, -0.25) is 9.59 Å². The summed E-state index contributed by atoms with van der Waals surface area (Å²) in [5.41, 5.74) is 3.31. The third-order valence-electron chi connectivity index (χ3n) is 7.20. The van der Waals surface area contributed by atoms with Gasteiger partial charge in [-0.15, -0.1) is 0 Å². The van der Waals surface area contributed by atoms with Gasteiger partial charge in [0.2, 0.25) is 5.91 Å². The van der Waals surface area contributed by atoms with Crippen molar-refractivity contribution >= 4 is 28.9 Å². The number of amides is 2. The van der Waals surface area contributed by atoms with E-state index in [-0.39, 0.29) is 17.7 Å². The van der Waals surface area contributed by atoms with Gasteiger partial charge in [0.25, 0.3) is 5.91 Å². The molecule has 2 aliphatic rings. The van der Waals surface area contributed by atoms with Gasteiger partial charge >= 0.3 is 0 Å². The molecule has 4 rings (SSSR count). The van der Waals surface area contributed by atoms with Crippen LogP contribution in [0.5, 0.6) is 5.75 Å². The molecule has 0 radical (unpaired) electrons. The molecule has 0 atom stereocenters. The van der Waals surface area contributed by atoms with E-state index in [0.29, 0.717) is 23.7 Å². The zero-order valence-electron chi connectivity index (χ0n) is 21.9. The average Bonchev–Trinajstić information content (AvgIpc) is 2.92. The molecular weight excluding hydrogens is 452 g/mol. The van der Waals surface area contributed by atoms with Crippen molar-refractivity contribution in [3.63, 3.8) is 0 Å². The SMILES string of the molecule is COc1ccccc1N1CCN(c2ccc(NC(=O)C3CCCCC3)cc2C(=O)NCC(C)C)CC1. The van der Waals surface area contributed by atoms with Crippen LogP contribution in [0.3, 0.4) is 0 Å². The summed E-state index contributed by atoms with van der Waals surface area (Å²) in [7, 11) is 1.70. The van der Waals surface area contributed by atoms with Crippen LogP contribution in [0.4, 0.5) is 17.1 Å². The van der Waals surface area contributed by atoms with E-state index >= 15 is 0 Å². The number of carbonyl (C=O) groups is 2. The Morgan fingerprint density at radius 2 is 1.61 bits per heavy atom. The van der Waals surface area contributed by atoms with E-state index in [1.165, 1.54) is 6.42 Å². The van der Waals surface area contributed by atoms with E-state index in [1.54, 1.807) is 7.11 Å². The summed E-state index contributed by atoms with van der Waals surface area (Å²) in [6, 6.07) is 13.8. The molecular formula is C29H40N4O3.